The second-order valence-corrected chi connectivity index (χ2v) is 4.26. The lowest BCUT2D eigenvalue weighted by atomic mass is 10.3. The molecule has 0 fully saturated rings. The van der Waals surface area contributed by atoms with Crippen molar-refractivity contribution in [2.75, 3.05) is 19.7 Å². The first-order valence-corrected chi connectivity index (χ1v) is 6.00. The highest BCUT2D eigenvalue weighted by Crippen LogP contribution is 1.93. The zero-order valence-electron chi connectivity index (χ0n) is 11.3. The number of aliphatic carboxylic acids is 1. The molecule has 0 heterocycles. The van der Waals surface area contributed by atoms with Crippen molar-refractivity contribution in [1.29, 1.82) is 0 Å². The van der Waals surface area contributed by atoms with Gasteiger partial charge in [0, 0.05) is 12.6 Å². The Balaban J connectivity index is 4.47. The maximum Gasteiger partial charge on any atom is 0.328 e. The van der Waals surface area contributed by atoms with E-state index in [1.807, 2.05) is 0 Å². The standard InChI is InChI=1S/C11H21N3O5/c1-4-14(5-9(16)12-7(2)3)11(19)13-8(6-15)10(17)18/h7-8,15H,4-6H2,1-3H3,(H,12,16)(H,13,19)(H,17,18)/t8-/m1/s1. The van der Waals surface area contributed by atoms with E-state index < -0.39 is 24.6 Å². The lowest BCUT2D eigenvalue weighted by Crippen LogP contribution is -2.52. The first-order valence-electron chi connectivity index (χ1n) is 6.00. The van der Waals surface area contributed by atoms with Crippen molar-refractivity contribution in [1.82, 2.24) is 15.5 Å². The van der Waals surface area contributed by atoms with Crippen LogP contribution in [-0.4, -0.2) is 64.8 Å². The fourth-order valence-electron chi connectivity index (χ4n) is 1.29. The van der Waals surface area contributed by atoms with Crippen LogP contribution in [0.15, 0.2) is 0 Å². The van der Waals surface area contributed by atoms with Gasteiger partial charge in [0.1, 0.15) is 6.54 Å². The van der Waals surface area contributed by atoms with E-state index in [4.69, 9.17) is 10.2 Å². The topological polar surface area (TPSA) is 119 Å². The van der Waals surface area contributed by atoms with Crippen LogP contribution in [0.3, 0.4) is 0 Å². The summed E-state index contributed by atoms with van der Waals surface area (Å²) in [6, 6.07) is -2.13. The number of likely N-dealkylation sites (N-methyl/N-ethyl adjacent to an activating group) is 1. The van der Waals surface area contributed by atoms with Gasteiger partial charge in [-0.3, -0.25) is 4.79 Å². The molecule has 8 heteroatoms. The van der Waals surface area contributed by atoms with Gasteiger partial charge < -0.3 is 25.7 Å². The molecule has 0 aromatic rings. The number of carboxylic acids is 1. The Hall–Kier alpha value is -1.83. The SMILES string of the molecule is CCN(CC(=O)NC(C)C)C(=O)N[C@H](CO)C(=O)O. The summed E-state index contributed by atoms with van der Waals surface area (Å²) in [6.07, 6.45) is 0. The third-order valence-electron chi connectivity index (χ3n) is 2.23. The van der Waals surface area contributed by atoms with Crippen molar-refractivity contribution in [3.63, 3.8) is 0 Å². The largest absolute Gasteiger partial charge is 0.480 e. The lowest BCUT2D eigenvalue weighted by molar-refractivity contribution is -0.140. The van der Waals surface area contributed by atoms with Crippen LogP contribution < -0.4 is 10.6 Å². The fraction of sp³-hybridized carbons (Fsp3) is 0.727. The number of hydrogen-bond acceptors (Lipinski definition) is 4. The highest BCUT2D eigenvalue weighted by Gasteiger charge is 2.23. The van der Waals surface area contributed by atoms with E-state index in [0.29, 0.717) is 0 Å². The number of aliphatic hydroxyl groups excluding tert-OH is 1. The first-order chi connectivity index (χ1) is 8.81. The molecule has 0 aliphatic heterocycles. The smallest absolute Gasteiger partial charge is 0.328 e. The molecule has 3 amide bonds. The zero-order valence-corrected chi connectivity index (χ0v) is 11.3. The van der Waals surface area contributed by atoms with E-state index >= 15 is 0 Å². The summed E-state index contributed by atoms with van der Waals surface area (Å²) in [4.78, 5) is 35.1. The van der Waals surface area contributed by atoms with Crippen molar-refractivity contribution in [2.45, 2.75) is 32.9 Å². The molecule has 0 bridgehead atoms. The summed E-state index contributed by atoms with van der Waals surface area (Å²) in [5.41, 5.74) is 0. The normalized spacial score (nSPS) is 11.8. The van der Waals surface area contributed by atoms with Crippen LogP contribution in [0.4, 0.5) is 4.79 Å². The number of rotatable bonds is 7. The lowest BCUT2D eigenvalue weighted by Gasteiger charge is -2.23. The van der Waals surface area contributed by atoms with Gasteiger partial charge in [0.15, 0.2) is 6.04 Å². The molecule has 0 aliphatic rings. The molecule has 0 rings (SSSR count). The molecule has 8 nitrogen and oxygen atoms in total. The number of aliphatic hydroxyl groups is 1. The van der Waals surface area contributed by atoms with Crippen molar-refractivity contribution in [2.24, 2.45) is 0 Å². The summed E-state index contributed by atoms with van der Waals surface area (Å²) in [6.45, 7) is 4.61. The number of amides is 3. The maximum absolute atomic E-state index is 11.7. The van der Waals surface area contributed by atoms with Gasteiger partial charge in [-0.25, -0.2) is 9.59 Å². The van der Waals surface area contributed by atoms with E-state index in [2.05, 4.69) is 10.6 Å². The number of carboxylic acid groups (broad SMARTS) is 1. The zero-order chi connectivity index (χ0) is 15.0. The monoisotopic (exact) mass is 275 g/mol. The molecule has 0 saturated carbocycles. The molecule has 0 saturated heterocycles. The predicted molar refractivity (Wildman–Crippen MR) is 67.6 cm³/mol. The molecule has 0 unspecified atom stereocenters. The number of urea groups is 1. The summed E-state index contributed by atoms with van der Waals surface area (Å²) in [5.74, 6) is -1.67. The van der Waals surface area contributed by atoms with Gasteiger partial charge in [-0.05, 0) is 20.8 Å². The molecule has 0 radical (unpaired) electrons. The minimum absolute atomic E-state index is 0.0431. The molecule has 0 aliphatic carbocycles. The molecule has 1 atom stereocenters. The molecule has 0 aromatic carbocycles. The van der Waals surface area contributed by atoms with Crippen LogP contribution in [-0.2, 0) is 9.59 Å². The summed E-state index contributed by atoms with van der Waals surface area (Å²) in [7, 11) is 0. The summed E-state index contributed by atoms with van der Waals surface area (Å²) < 4.78 is 0. The Morgan fingerprint density at radius 3 is 2.16 bits per heavy atom. The number of nitrogens with zero attached hydrogens (tertiary/aromatic N) is 1. The average molecular weight is 275 g/mol. The number of nitrogens with one attached hydrogen (secondary N) is 2. The van der Waals surface area contributed by atoms with E-state index in [1.165, 1.54) is 0 Å². The minimum atomic E-state index is -1.38. The Bertz CT molecular complexity index is 332. The molecular formula is C11H21N3O5. The highest BCUT2D eigenvalue weighted by atomic mass is 16.4. The second-order valence-electron chi connectivity index (χ2n) is 4.26. The molecule has 0 aromatic heterocycles. The predicted octanol–water partition coefficient (Wildman–Crippen LogP) is -1.01. The Morgan fingerprint density at radius 2 is 1.79 bits per heavy atom. The number of carbonyl (C=O) groups excluding carboxylic acids is 2. The van der Waals surface area contributed by atoms with Crippen molar-refractivity contribution in [3.05, 3.63) is 0 Å². The Kier molecular flexibility index (Phi) is 7.50. The molecular weight excluding hydrogens is 254 g/mol. The second kappa shape index (κ2) is 8.30. The van der Waals surface area contributed by atoms with Crippen LogP contribution >= 0.6 is 0 Å². The van der Waals surface area contributed by atoms with E-state index in [1.54, 1.807) is 20.8 Å². The van der Waals surface area contributed by atoms with E-state index in [-0.39, 0.29) is 25.0 Å². The van der Waals surface area contributed by atoms with Crippen molar-refractivity contribution < 1.29 is 24.6 Å². The molecule has 110 valence electrons. The van der Waals surface area contributed by atoms with Gasteiger partial charge in [0.2, 0.25) is 5.91 Å². The van der Waals surface area contributed by atoms with Crippen molar-refractivity contribution in [3.8, 4) is 0 Å². The fourth-order valence-corrected chi connectivity index (χ4v) is 1.29. The Labute approximate surface area is 111 Å². The van der Waals surface area contributed by atoms with Gasteiger partial charge in [-0.2, -0.15) is 0 Å². The van der Waals surface area contributed by atoms with Crippen LogP contribution in [0.5, 0.6) is 0 Å². The third kappa shape index (κ3) is 6.61. The van der Waals surface area contributed by atoms with Gasteiger partial charge in [0.25, 0.3) is 0 Å². The van der Waals surface area contributed by atoms with Crippen molar-refractivity contribution >= 4 is 17.9 Å². The van der Waals surface area contributed by atoms with Crippen LogP contribution in [0, 0.1) is 0 Å². The van der Waals surface area contributed by atoms with Gasteiger partial charge in [-0.15, -0.1) is 0 Å². The van der Waals surface area contributed by atoms with Gasteiger partial charge in [0.05, 0.1) is 6.61 Å². The number of hydrogen-bond donors (Lipinski definition) is 4. The van der Waals surface area contributed by atoms with Crippen LogP contribution in [0.1, 0.15) is 20.8 Å². The van der Waals surface area contributed by atoms with E-state index in [0.717, 1.165) is 4.90 Å². The van der Waals surface area contributed by atoms with Gasteiger partial charge >= 0.3 is 12.0 Å². The highest BCUT2D eigenvalue weighted by molar-refractivity contribution is 5.86. The Morgan fingerprint density at radius 1 is 1.21 bits per heavy atom. The van der Waals surface area contributed by atoms with Gasteiger partial charge in [-0.1, -0.05) is 0 Å². The minimum Gasteiger partial charge on any atom is -0.480 e. The third-order valence-corrected chi connectivity index (χ3v) is 2.23. The molecule has 19 heavy (non-hydrogen) atoms. The molecule has 0 spiro atoms. The maximum atomic E-state index is 11.7. The number of carbonyl (C=O) groups is 3. The summed E-state index contributed by atoms with van der Waals surface area (Å²) in [5, 5.41) is 22.3. The summed E-state index contributed by atoms with van der Waals surface area (Å²) >= 11 is 0. The van der Waals surface area contributed by atoms with Crippen LogP contribution in [0.2, 0.25) is 0 Å². The van der Waals surface area contributed by atoms with Crippen LogP contribution in [0.25, 0.3) is 0 Å². The van der Waals surface area contributed by atoms with E-state index in [9.17, 15) is 14.4 Å². The molecule has 4 N–H and O–H groups in total. The average Bonchev–Trinajstić information content (AvgIpc) is 2.31. The quantitative estimate of drug-likeness (QED) is 0.474. The first kappa shape index (κ1) is 17.2.